The number of rotatable bonds is 2. The number of halogens is 1. The summed E-state index contributed by atoms with van der Waals surface area (Å²) in [6.07, 6.45) is 2.68. The minimum atomic E-state index is -0.832. The lowest BCUT2D eigenvalue weighted by molar-refractivity contribution is -0.130. The van der Waals surface area contributed by atoms with E-state index in [0.717, 1.165) is 24.0 Å². The molecule has 0 bridgehead atoms. The van der Waals surface area contributed by atoms with Crippen LogP contribution < -0.4 is 11.1 Å². The van der Waals surface area contributed by atoms with Crippen molar-refractivity contribution >= 4 is 5.91 Å². The maximum Gasteiger partial charge on any atom is 0.240 e. The molecule has 1 aliphatic carbocycles. The molecule has 1 fully saturated rings. The average Bonchev–Trinajstić information content (AvgIpc) is 2.82. The first-order valence-corrected chi connectivity index (χ1v) is 7.04. The SMILES string of the molecule is NC1(C(=O)NC2CCc3cc(F)ccc32)CCOCC1. The number of hydrogen-bond acceptors (Lipinski definition) is 3. The quantitative estimate of drug-likeness (QED) is 0.860. The minimum absolute atomic E-state index is 0.0543. The van der Waals surface area contributed by atoms with Gasteiger partial charge in [0.2, 0.25) is 5.91 Å². The van der Waals surface area contributed by atoms with Crippen molar-refractivity contribution in [2.24, 2.45) is 5.73 Å². The number of fused-ring (bicyclic) bond motifs is 1. The fraction of sp³-hybridized carbons (Fsp3) is 0.533. The van der Waals surface area contributed by atoms with Gasteiger partial charge in [-0.3, -0.25) is 4.79 Å². The zero-order valence-corrected chi connectivity index (χ0v) is 11.3. The third-order valence-corrected chi connectivity index (χ3v) is 4.33. The van der Waals surface area contributed by atoms with Crippen LogP contribution in [-0.4, -0.2) is 24.7 Å². The van der Waals surface area contributed by atoms with Crippen molar-refractivity contribution in [3.8, 4) is 0 Å². The van der Waals surface area contributed by atoms with Gasteiger partial charge in [0.1, 0.15) is 5.82 Å². The molecule has 1 aromatic carbocycles. The second kappa shape index (κ2) is 5.14. The highest BCUT2D eigenvalue weighted by Crippen LogP contribution is 2.32. The van der Waals surface area contributed by atoms with E-state index in [9.17, 15) is 9.18 Å². The van der Waals surface area contributed by atoms with Crippen molar-refractivity contribution in [1.29, 1.82) is 0 Å². The Labute approximate surface area is 117 Å². The van der Waals surface area contributed by atoms with Gasteiger partial charge in [-0.2, -0.15) is 0 Å². The van der Waals surface area contributed by atoms with Crippen LogP contribution in [0.5, 0.6) is 0 Å². The lowest BCUT2D eigenvalue weighted by Crippen LogP contribution is -2.57. The number of nitrogens with two attached hydrogens (primary N) is 1. The zero-order chi connectivity index (χ0) is 14.2. The molecule has 1 aromatic rings. The van der Waals surface area contributed by atoms with Crippen molar-refractivity contribution in [2.45, 2.75) is 37.3 Å². The van der Waals surface area contributed by atoms with Crippen molar-refractivity contribution in [2.75, 3.05) is 13.2 Å². The van der Waals surface area contributed by atoms with Crippen LogP contribution in [0.1, 0.15) is 36.4 Å². The second-order valence-corrected chi connectivity index (χ2v) is 5.68. The van der Waals surface area contributed by atoms with E-state index in [1.54, 1.807) is 12.1 Å². The van der Waals surface area contributed by atoms with Crippen LogP contribution in [0.4, 0.5) is 4.39 Å². The summed E-state index contributed by atoms with van der Waals surface area (Å²) >= 11 is 0. The molecule has 1 heterocycles. The Morgan fingerprint density at radius 1 is 1.40 bits per heavy atom. The fourth-order valence-electron chi connectivity index (χ4n) is 3.00. The van der Waals surface area contributed by atoms with Crippen molar-refractivity contribution in [3.63, 3.8) is 0 Å². The van der Waals surface area contributed by atoms with E-state index in [1.807, 2.05) is 0 Å². The van der Waals surface area contributed by atoms with E-state index in [-0.39, 0.29) is 17.8 Å². The van der Waals surface area contributed by atoms with Gasteiger partial charge in [0.05, 0.1) is 11.6 Å². The van der Waals surface area contributed by atoms with Crippen molar-refractivity contribution < 1.29 is 13.9 Å². The summed E-state index contributed by atoms with van der Waals surface area (Å²) in [5, 5.41) is 3.02. The van der Waals surface area contributed by atoms with E-state index < -0.39 is 5.54 Å². The smallest absolute Gasteiger partial charge is 0.240 e. The van der Waals surface area contributed by atoms with Gasteiger partial charge in [0.15, 0.2) is 0 Å². The molecule has 1 atom stereocenters. The van der Waals surface area contributed by atoms with E-state index in [1.165, 1.54) is 6.07 Å². The highest BCUT2D eigenvalue weighted by Gasteiger charge is 2.37. The standard InChI is InChI=1S/C15H19FN2O2/c16-11-2-3-12-10(9-11)1-4-13(12)18-14(19)15(17)5-7-20-8-6-15/h2-3,9,13H,1,4-8,17H2,(H,18,19). The Bertz CT molecular complexity index is 527. The van der Waals surface area contributed by atoms with E-state index in [0.29, 0.717) is 26.1 Å². The first kappa shape index (κ1) is 13.5. The fourth-order valence-corrected chi connectivity index (χ4v) is 3.00. The van der Waals surface area contributed by atoms with Crippen LogP contribution in [0.15, 0.2) is 18.2 Å². The van der Waals surface area contributed by atoms with Gasteiger partial charge in [-0.25, -0.2) is 4.39 Å². The Kier molecular flexibility index (Phi) is 3.48. The lowest BCUT2D eigenvalue weighted by atomic mass is 9.90. The summed E-state index contributed by atoms with van der Waals surface area (Å²) in [5.41, 5.74) is 7.33. The van der Waals surface area contributed by atoms with Crippen LogP contribution >= 0.6 is 0 Å². The third kappa shape index (κ3) is 2.43. The summed E-state index contributed by atoms with van der Waals surface area (Å²) in [6, 6.07) is 4.70. The summed E-state index contributed by atoms with van der Waals surface area (Å²) in [5.74, 6) is -0.349. The number of carbonyl (C=O) groups is 1. The summed E-state index contributed by atoms with van der Waals surface area (Å²) in [7, 11) is 0. The number of aryl methyl sites for hydroxylation is 1. The van der Waals surface area contributed by atoms with E-state index in [4.69, 9.17) is 10.5 Å². The summed E-state index contributed by atoms with van der Waals surface area (Å²) in [4.78, 5) is 12.4. The molecule has 0 radical (unpaired) electrons. The molecule has 3 rings (SSSR count). The molecule has 0 spiro atoms. The summed E-state index contributed by atoms with van der Waals surface area (Å²) in [6.45, 7) is 1.05. The molecule has 1 amide bonds. The van der Waals surface area contributed by atoms with Crippen molar-refractivity contribution in [3.05, 3.63) is 35.1 Å². The van der Waals surface area contributed by atoms with Gasteiger partial charge in [-0.1, -0.05) is 6.07 Å². The number of amides is 1. The first-order chi connectivity index (χ1) is 9.58. The Morgan fingerprint density at radius 3 is 2.90 bits per heavy atom. The average molecular weight is 278 g/mol. The molecule has 4 nitrogen and oxygen atoms in total. The largest absolute Gasteiger partial charge is 0.381 e. The predicted molar refractivity (Wildman–Crippen MR) is 72.6 cm³/mol. The first-order valence-electron chi connectivity index (χ1n) is 7.04. The Balaban J connectivity index is 1.72. The maximum atomic E-state index is 13.2. The molecule has 20 heavy (non-hydrogen) atoms. The Hall–Kier alpha value is -1.46. The molecule has 1 aliphatic heterocycles. The minimum Gasteiger partial charge on any atom is -0.381 e. The van der Waals surface area contributed by atoms with E-state index in [2.05, 4.69) is 5.32 Å². The number of benzene rings is 1. The van der Waals surface area contributed by atoms with Crippen molar-refractivity contribution in [1.82, 2.24) is 5.32 Å². The van der Waals surface area contributed by atoms with Gasteiger partial charge in [0, 0.05) is 13.2 Å². The molecule has 2 aliphatic rings. The molecule has 0 saturated carbocycles. The second-order valence-electron chi connectivity index (χ2n) is 5.68. The third-order valence-electron chi connectivity index (χ3n) is 4.33. The van der Waals surface area contributed by atoms with Crippen LogP contribution in [0.25, 0.3) is 0 Å². The molecule has 108 valence electrons. The van der Waals surface area contributed by atoms with Gasteiger partial charge in [0.25, 0.3) is 0 Å². The summed E-state index contributed by atoms with van der Waals surface area (Å²) < 4.78 is 18.4. The maximum absolute atomic E-state index is 13.2. The molecular formula is C15H19FN2O2. The monoisotopic (exact) mass is 278 g/mol. The Morgan fingerprint density at radius 2 is 2.15 bits per heavy atom. The highest BCUT2D eigenvalue weighted by atomic mass is 19.1. The number of carbonyl (C=O) groups excluding carboxylic acids is 1. The normalized spacial score (nSPS) is 24.2. The van der Waals surface area contributed by atoms with Crippen LogP contribution in [-0.2, 0) is 16.0 Å². The van der Waals surface area contributed by atoms with Crippen LogP contribution in [0.2, 0.25) is 0 Å². The number of nitrogens with one attached hydrogen (secondary N) is 1. The molecule has 3 N–H and O–H groups in total. The number of ether oxygens (including phenoxy) is 1. The predicted octanol–water partition coefficient (Wildman–Crippen LogP) is 1.44. The molecular weight excluding hydrogens is 259 g/mol. The van der Waals surface area contributed by atoms with Gasteiger partial charge in [-0.15, -0.1) is 0 Å². The van der Waals surface area contributed by atoms with Crippen LogP contribution in [0, 0.1) is 5.82 Å². The topological polar surface area (TPSA) is 64.4 Å². The highest BCUT2D eigenvalue weighted by molar-refractivity contribution is 5.86. The van der Waals surface area contributed by atoms with Gasteiger partial charge >= 0.3 is 0 Å². The molecule has 1 unspecified atom stereocenters. The van der Waals surface area contributed by atoms with Gasteiger partial charge in [-0.05, 0) is 48.9 Å². The molecule has 5 heteroatoms. The molecule has 0 aromatic heterocycles. The molecule has 1 saturated heterocycles. The van der Waals surface area contributed by atoms with Crippen LogP contribution in [0.3, 0.4) is 0 Å². The van der Waals surface area contributed by atoms with E-state index >= 15 is 0 Å². The lowest BCUT2D eigenvalue weighted by Gasteiger charge is -2.33. The number of hydrogen-bond donors (Lipinski definition) is 2. The van der Waals surface area contributed by atoms with Gasteiger partial charge < -0.3 is 15.8 Å². The zero-order valence-electron chi connectivity index (χ0n) is 11.3.